The van der Waals surface area contributed by atoms with Crippen LogP contribution in [0.25, 0.3) is 0 Å². The summed E-state index contributed by atoms with van der Waals surface area (Å²) in [6.07, 6.45) is 1.76. The van der Waals surface area contributed by atoms with Crippen LogP contribution in [0.2, 0.25) is 0 Å². The van der Waals surface area contributed by atoms with Crippen LogP contribution in [0.3, 0.4) is 0 Å². The van der Waals surface area contributed by atoms with Gasteiger partial charge in [-0.2, -0.15) is 5.10 Å². The SMILES string of the molecule is Cc1cc(N)cc(C(=O)NCc2cnn(C)c2C)c1. The Morgan fingerprint density at radius 1 is 1.37 bits per heavy atom. The fourth-order valence-corrected chi connectivity index (χ4v) is 1.94. The van der Waals surface area contributed by atoms with E-state index in [9.17, 15) is 4.79 Å². The van der Waals surface area contributed by atoms with Crippen molar-refractivity contribution in [3.63, 3.8) is 0 Å². The number of nitrogens with one attached hydrogen (secondary N) is 1. The molecule has 100 valence electrons. The van der Waals surface area contributed by atoms with Crippen LogP contribution in [-0.4, -0.2) is 15.7 Å². The number of aromatic nitrogens is 2. The molecule has 0 aliphatic carbocycles. The number of aryl methyl sites for hydroxylation is 2. The average Bonchev–Trinajstić information content (AvgIpc) is 2.66. The molecule has 3 N–H and O–H groups in total. The summed E-state index contributed by atoms with van der Waals surface area (Å²) in [5.74, 6) is -0.126. The molecule has 0 aliphatic rings. The van der Waals surface area contributed by atoms with Gasteiger partial charge in [-0.05, 0) is 37.6 Å². The quantitative estimate of drug-likeness (QED) is 0.820. The van der Waals surface area contributed by atoms with E-state index in [1.165, 1.54) is 0 Å². The summed E-state index contributed by atoms with van der Waals surface area (Å²) >= 11 is 0. The van der Waals surface area contributed by atoms with Gasteiger partial charge in [0.2, 0.25) is 0 Å². The number of benzene rings is 1. The summed E-state index contributed by atoms with van der Waals surface area (Å²) in [5.41, 5.74) is 9.95. The molecular formula is C14H18N4O. The molecule has 0 radical (unpaired) electrons. The first-order valence-corrected chi connectivity index (χ1v) is 6.10. The van der Waals surface area contributed by atoms with Crippen LogP contribution in [0.1, 0.15) is 27.2 Å². The molecule has 5 nitrogen and oxygen atoms in total. The third kappa shape index (κ3) is 2.93. The molecule has 2 rings (SSSR count). The number of nitrogen functional groups attached to an aromatic ring is 1. The maximum atomic E-state index is 12.0. The molecule has 1 aromatic carbocycles. The molecular weight excluding hydrogens is 240 g/mol. The maximum absolute atomic E-state index is 12.0. The van der Waals surface area contributed by atoms with Gasteiger partial charge in [0.15, 0.2) is 0 Å². The third-order valence-electron chi connectivity index (χ3n) is 3.14. The number of anilines is 1. The zero-order valence-electron chi connectivity index (χ0n) is 11.4. The van der Waals surface area contributed by atoms with Gasteiger partial charge in [0.25, 0.3) is 5.91 Å². The van der Waals surface area contributed by atoms with Crippen LogP contribution >= 0.6 is 0 Å². The van der Waals surface area contributed by atoms with E-state index < -0.39 is 0 Å². The lowest BCUT2D eigenvalue weighted by Gasteiger charge is -2.07. The molecule has 0 aliphatic heterocycles. The second-order valence-electron chi connectivity index (χ2n) is 4.69. The zero-order valence-corrected chi connectivity index (χ0v) is 11.4. The second-order valence-corrected chi connectivity index (χ2v) is 4.69. The molecule has 0 fully saturated rings. The van der Waals surface area contributed by atoms with Crippen LogP contribution in [0.4, 0.5) is 5.69 Å². The average molecular weight is 258 g/mol. The Morgan fingerprint density at radius 2 is 2.11 bits per heavy atom. The summed E-state index contributed by atoms with van der Waals surface area (Å²) < 4.78 is 1.78. The minimum absolute atomic E-state index is 0.126. The Morgan fingerprint density at radius 3 is 2.68 bits per heavy atom. The first-order valence-electron chi connectivity index (χ1n) is 6.10. The molecule has 0 spiro atoms. The number of hydrogen-bond acceptors (Lipinski definition) is 3. The minimum Gasteiger partial charge on any atom is -0.399 e. The zero-order chi connectivity index (χ0) is 14.0. The number of amides is 1. The topological polar surface area (TPSA) is 72.9 Å². The monoisotopic (exact) mass is 258 g/mol. The number of carbonyl (C=O) groups excluding carboxylic acids is 1. The second kappa shape index (κ2) is 5.14. The Labute approximate surface area is 112 Å². The molecule has 0 saturated heterocycles. The van der Waals surface area contributed by atoms with E-state index in [-0.39, 0.29) is 5.91 Å². The molecule has 5 heteroatoms. The van der Waals surface area contributed by atoms with E-state index in [1.54, 1.807) is 16.9 Å². The van der Waals surface area contributed by atoms with Crippen molar-refractivity contribution in [1.29, 1.82) is 0 Å². The highest BCUT2D eigenvalue weighted by Crippen LogP contribution is 2.12. The van der Waals surface area contributed by atoms with E-state index in [2.05, 4.69) is 10.4 Å². The first-order chi connectivity index (χ1) is 8.97. The molecule has 0 atom stereocenters. The van der Waals surface area contributed by atoms with Gasteiger partial charge < -0.3 is 11.1 Å². The first kappa shape index (κ1) is 13.1. The van der Waals surface area contributed by atoms with Gasteiger partial charge >= 0.3 is 0 Å². The largest absolute Gasteiger partial charge is 0.399 e. The molecule has 0 unspecified atom stereocenters. The van der Waals surface area contributed by atoms with Crippen molar-refractivity contribution in [2.75, 3.05) is 5.73 Å². The van der Waals surface area contributed by atoms with Gasteiger partial charge in [0.1, 0.15) is 0 Å². The predicted octanol–water partition coefficient (Wildman–Crippen LogP) is 1.55. The molecule has 1 amide bonds. The molecule has 19 heavy (non-hydrogen) atoms. The van der Waals surface area contributed by atoms with Crippen molar-refractivity contribution in [2.24, 2.45) is 7.05 Å². The standard InChI is InChI=1S/C14H18N4O/c1-9-4-11(6-13(15)5-9)14(19)16-7-12-8-17-18(3)10(12)2/h4-6,8H,7,15H2,1-3H3,(H,16,19). The van der Waals surface area contributed by atoms with E-state index in [1.807, 2.05) is 33.0 Å². The van der Waals surface area contributed by atoms with E-state index in [0.717, 1.165) is 16.8 Å². The van der Waals surface area contributed by atoms with Gasteiger partial charge in [-0.15, -0.1) is 0 Å². The number of nitrogens with two attached hydrogens (primary N) is 1. The molecule has 0 bridgehead atoms. The lowest BCUT2D eigenvalue weighted by atomic mass is 10.1. The number of hydrogen-bond donors (Lipinski definition) is 2. The number of carbonyl (C=O) groups is 1. The summed E-state index contributed by atoms with van der Waals surface area (Å²) in [7, 11) is 1.88. The van der Waals surface area contributed by atoms with E-state index in [0.29, 0.717) is 17.8 Å². The van der Waals surface area contributed by atoms with Gasteiger partial charge in [-0.3, -0.25) is 9.48 Å². The predicted molar refractivity (Wildman–Crippen MR) is 74.7 cm³/mol. The fraction of sp³-hybridized carbons (Fsp3) is 0.286. The van der Waals surface area contributed by atoms with Crippen LogP contribution in [-0.2, 0) is 13.6 Å². The highest BCUT2D eigenvalue weighted by Gasteiger charge is 2.09. The highest BCUT2D eigenvalue weighted by molar-refractivity contribution is 5.95. The van der Waals surface area contributed by atoms with Crippen molar-refractivity contribution < 1.29 is 4.79 Å². The minimum atomic E-state index is -0.126. The van der Waals surface area contributed by atoms with Gasteiger partial charge in [0, 0.05) is 36.1 Å². The summed E-state index contributed by atoms with van der Waals surface area (Å²) in [6.45, 7) is 4.35. The lowest BCUT2D eigenvalue weighted by molar-refractivity contribution is 0.0951. The van der Waals surface area contributed by atoms with Gasteiger partial charge in [-0.1, -0.05) is 0 Å². The lowest BCUT2D eigenvalue weighted by Crippen LogP contribution is -2.23. The van der Waals surface area contributed by atoms with Crippen LogP contribution < -0.4 is 11.1 Å². The van der Waals surface area contributed by atoms with Crippen molar-refractivity contribution in [1.82, 2.24) is 15.1 Å². The Kier molecular flexibility index (Phi) is 3.55. The summed E-state index contributed by atoms with van der Waals surface area (Å²) in [4.78, 5) is 12.0. The maximum Gasteiger partial charge on any atom is 0.251 e. The van der Waals surface area contributed by atoms with Crippen molar-refractivity contribution in [3.8, 4) is 0 Å². The van der Waals surface area contributed by atoms with Crippen LogP contribution in [0.15, 0.2) is 24.4 Å². The third-order valence-corrected chi connectivity index (χ3v) is 3.14. The molecule has 1 aromatic heterocycles. The highest BCUT2D eigenvalue weighted by atomic mass is 16.1. The van der Waals surface area contributed by atoms with Gasteiger partial charge in [0.05, 0.1) is 6.20 Å². The number of rotatable bonds is 3. The summed E-state index contributed by atoms with van der Waals surface area (Å²) in [6, 6.07) is 5.34. The Hall–Kier alpha value is -2.30. The molecule has 2 aromatic rings. The van der Waals surface area contributed by atoms with E-state index >= 15 is 0 Å². The van der Waals surface area contributed by atoms with Crippen molar-refractivity contribution >= 4 is 11.6 Å². The Balaban J connectivity index is 2.07. The van der Waals surface area contributed by atoms with Crippen molar-refractivity contribution in [3.05, 3.63) is 46.8 Å². The fourth-order valence-electron chi connectivity index (χ4n) is 1.94. The Bertz CT molecular complexity index is 596. The molecule has 1 heterocycles. The van der Waals surface area contributed by atoms with Crippen molar-refractivity contribution in [2.45, 2.75) is 20.4 Å². The normalized spacial score (nSPS) is 10.5. The van der Waals surface area contributed by atoms with Crippen LogP contribution in [0.5, 0.6) is 0 Å². The summed E-state index contributed by atoms with van der Waals surface area (Å²) in [5, 5.41) is 7.02. The van der Waals surface area contributed by atoms with E-state index in [4.69, 9.17) is 5.73 Å². The van der Waals surface area contributed by atoms with Crippen LogP contribution in [0, 0.1) is 13.8 Å². The molecule has 0 saturated carbocycles. The smallest absolute Gasteiger partial charge is 0.251 e. The number of nitrogens with zero attached hydrogens (tertiary/aromatic N) is 2. The van der Waals surface area contributed by atoms with Gasteiger partial charge in [-0.25, -0.2) is 0 Å².